The molecule has 1 aromatic rings. The van der Waals surface area contributed by atoms with Gasteiger partial charge in [0.2, 0.25) is 5.91 Å². The Kier molecular flexibility index (Phi) is 4.93. The maximum atomic E-state index is 12.2. The molecule has 2 rings (SSSR count). The van der Waals surface area contributed by atoms with Crippen molar-refractivity contribution >= 4 is 5.91 Å². The Balaban J connectivity index is 2.02. The number of nitrogens with zero attached hydrogens (tertiary/aromatic N) is 1. The third-order valence-electron chi connectivity index (χ3n) is 3.49. The molecule has 1 fully saturated rings. The maximum absolute atomic E-state index is 12.2. The fourth-order valence-corrected chi connectivity index (χ4v) is 2.45. The fraction of sp³-hybridized carbons (Fsp3) is 0.533. The number of hydrogen-bond donors (Lipinski definition) is 1. The van der Waals surface area contributed by atoms with Gasteiger partial charge in [-0.1, -0.05) is 30.3 Å². The molecule has 1 N–H and O–H groups in total. The molecule has 19 heavy (non-hydrogen) atoms. The van der Waals surface area contributed by atoms with Crippen molar-refractivity contribution in [2.45, 2.75) is 32.0 Å². The summed E-state index contributed by atoms with van der Waals surface area (Å²) in [5, 5.41) is 3.36. The van der Waals surface area contributed by atoms with Gasteiger partial charge in [0.15, 0.2) is 0 Å². The molecule has 4 nitrogen and oxygen atoms in total. The second kappa shape index (κ2) is 6.68. The Morgan fingerprint density at radius 2 is 2.00 bits per heavy atom. The van der Waals surface area contributed by atoms with Crippen molar-refractivity contribution in [3.63, 3.8) is 0 Å². The smallest absolute Gasteiger partial charge is 0.241 e. The van der Waals surface area contributed by atoms with Gasteiger partial charge in [0.1, 0.15) is 6.17 Å². The number of hydrogen-bond acceptors (Lipinski definition) is 3. The zero-order chi connectivity index (χ0) is 13.7. The number of rotatable bonds is 6. The Morgan fingerprint density at radius 1 is 1.26 bits per heavy atom. The van der Waals surface area contributed by atoms with E-state index in [1.54, 1.807) is 7.11 Å². The van der Waals surface area contributed by atoms with Crippen LogP contribution in [0, 0.1) is 0 Å². The highest BCUT2D eigenvalue weighted by molar-refractivity contribution is 5.84. The van der Waals surface area contributed by atoms with Gasteiger partial charge in [-0.05, 0) is 25.3 Å². The molecule has 4 heteroatoms. The summed E-state index contributed by atoms with van der Waals surface area (Å²) < 4.78 is 5.05. The zero-order valence-electron chi connectivity index (χ0n) is 11.6. The lowest BCUT2D eigenvalue weighted by Gasteiger charge is -2.24. The standard InChI is InChI=1S/C15H22N2O2/c1-12-15(18)17(10-6-7-11-19-2)14(16-12)13-8-4-3-5-9-13/h3-5,8-9,12,14,16H,6-7,10-11H2,1-2H3. The summed E-state index contributed by atoms with van der Waals surface area (Å²) in [5.74, 6) is 0.186. The lowest BCUT2D eigenvalue weighted by Crippen LogP contribution is -2.31. The van der Waals surface area contributed by atoms with E-state index in [1.165, 1.54) is 0 Å². The molecule has 0 spiro atoms. The largest absolute Gasteiger partial charge is 0.385 e. The minimum Gasteiger partial charge on any atom is -0.385 e. The number of carbonyl (C=O) groups is 1. The summed E-state index contributed by atoms with van der Waals surface area (Å²) >= 11 is 0. The van der Waals surface area contributed by atoms with Crippen LogP contribution in [0.4, 0.5) is 0 Å². The molecule has 0 aliphatic carbocycles. The van der Waals surface area contributed by atoms with Crippen LogP contribution in [0.1, 0.15) is 31.5 Å². The van der Waals surface area contributed by atoms with E-state index in [-0.39, 0.29) is 18.1 Å². The van der Waals surface area contributed by atoms with Crippen LogP contribution in [-0.2, 0) is 9.53 Å². The van der Waals surface area contributed by atoms with Gasteiger partial charge in [0, 0.05) is 20.3 Å². The predicted molar refractivity (Wildman–Crippen MR) is 74.6 cm³/mol. The third kappa shape index (κ3) is 3.33. The van der Waals surface area contributed by atoms with Crippen LogP contribution in [0.2, 0.25) is 0 Å². The number of methoxy groups -OCH3 is 1. The molecule has 1 heterocycles. The molecule has 0 aromatic heterocycles. The van der Waals surface area contributed by atoms with Crippen molar-refractivity contribution in [3.05, 3.63) is 35.9 Å². The van der Waals surface area contributed by atoms with E-state index in [2.05, 4.69) is 17.4 Å². The molecule has 0 bridgehead atoms. The molecule has 1 aromatic carbocycles. The normalized spacial score (nSPS) is 23.1. The van der Waals surface area contributed by atoms with Gasteiger partial charge in [-0.3, -0.25) is 10.1 Å². The summed E-state index contributed by atoms with van der Waals surface area (Å²) in [6.07, 6.45) is 1.96. The van der Waals surface area contributed by atoms with Gasteiger partial charge >= 0.3 is 0 Å². The van der Waals surface area contributed by atoms with E-state index >= 15 is 0 Å². The summed E-state index contributed by atoms with van der Waals surface area (Å²) in [5.41, 5.74) is 1.15. The van der Waals surface area contributed by atoms with Crippen LogP contribution < -0.4 is 5.32 Å². The second-order valence-electron chi connectivity index (χ2n) is 4.93. The van der Waals surface area contributed by atoms with E-state index in [1.807, 2.05) is 30.0 Å². The highest BCUT2D eigenvalue weighted by atomic mass is 16.5. The minimum atomic E-state index is -0.104. The van der Waals surface area contributed by atoms with Gasteiger partial charge in [-0.15, -0.1) is 0 Å². The van der Waals surface area contributed by atoms with Gasteiger partial charge in [-0.2, -0.15) is 0 Å². The van der Waals surface area contributed by atoms with Crippen LogP contribution in [0.5, 0.6) is 0 Å². The molecule has 0 radical (unpaired) electrons. The molecule has 2 atom stereocenters. The van der Waals surface area contributed by atoms with Crippen LogP contribution in [0.15, 0.2) is 30.3 Å². The SMILES string of the molecule is COCCCCN1C(=O)C(C)NC1c1ccccc1. The first-order chi connectivity index (χ1) is 9.24. The molecular weight excluding hydrogens is 240 g/mol. The van der Waals surface area contributed by atoms with Gasteiger partial charge in [-0.25, -0.2) is 0 Å². The van der Waals surface area contributed by atoms with Crippen molar-refractivity contribution in [2.24, 2.45) is 0 Å². The zero-order valence-corrected chi connectivity index (χ0v) is 11.6. The van der Waals surface area contributed by atoms with E-state index in [0.29, 0.717) is 0 Å². The number of ether oxygens (including phenoxy) is 1. The summed E-state index contributed by atoms with van der Waals surface area (Å²) in [7, 11) is 1.71. The molecule has 1 saturated heterocycles. The lowest BCUT2D eigenvalue weighted by molar-refractivity contribution is -0.129. The summed E-state index contributed by atoms with van der Waals surface area (Å²) in [6.45, 7) is 3.45. The van der Waals surface area contributed by atoms with E-state index in [4.69, 9.17) is 4.74 Å². The first kappa shape index (κ1) is 14.0. The molecule has 1 aliphatic heterocycles. The number of nitrogens with one attached hydrogen (secondary N) is 1. The lowest BCUT2D eigenvalue weighted by atomic mass is 10.1. The molecule has 1 amide bonds. The van der Waals surface area contributed by atoms with Crippen molar-refractivity contribution in [2.75, 3.05) is 20.3 Å². The van der Waals surface area contributed by atoms with Crippen LogP contribution in [-0.4, -0.2) is 37.1 Å². The Labute approximate surface area is 114 Å². The maximum Gasteiger partial charge on any atom is 0.241 e. The summed E-state index contributed by atoms with van der Waals surface area (Å²) in [6, 6.07) is 10.0. The second-order valence-corrected chi connectivity index (χ2v) is 4.93. The average molecular weight is 262 g/mol. The third-order valence-corrected chi connectivity index (χ3v) is 3.49. The van der Waals surface area contributed by atoms with Gasteiger partial charge in [0.05, 0.1) is 6.04 Å². The molecular formula is C15H22N2O2. The van der Waals surface area contributed by atoms with E-state index in [9.17, 15) is 4.79 Å². The highest BCUT2D eigenvalue weighted by Crippen LogP contribution is 2.25. The monoisotopic (exact) mass is 262 g/mol. The molecule has 0 saturated carbocycles. The van der Waals surface area contributed by atoms with Crippen molar-refractivity contribution < 1.29 is 9.53 Å². The number of carbonyl (C=O) groups excluding carboxylic acids is 1. The average Bonchev–Trinajstić information content (AvgIpc) is 2.72. The predicted octanol–water partition coefficient (Wildman–Crippen LogP) is 1.93. The topological polar surface area (TPSA) is 41.6 Å². The highest BCUT2D eigenvalue weighted by Gasteiger charge is 2.36. The van der Waals surface area contributed by atoms with E-state index < -0.39 is 0 Å². The molecule has 104 valence electrons. The van der Waals surface area contributed by atoms with Crippen molar-refractivity contribution in [1.29, 1.82) is 0 Å². The Bertz CT molecular complexity index is 408. The van der Waals surface area contributed by atoms with Crippen molar-refractivity contribution in [3.8, 4) is 0 Å². The van der Waals surface area contributed by atoms with Crippen molar-refractivity contribution in [1.82, 2.24) is 10.2 Å². The number of unbranched alkanes of at least 4 members (excludes halogenated alkanes) is 1. The quantitative estimate of drug-likeness (QED) is 0.797. The number of benzene rings is 1. The first-order valence-corrected chi connectivity index (χ1v) is 6.84. The first-order valence-electron chi connectivity index (χ1n) is 6.84. The van der Waals surface area contributed by atoms with Gasteiger partial charge in [0.25, 0.3) is 0 Å². The number of amides is 1. The van der Waals surface area contributed by atoms with Crippen LogP contribution >= 0.6 is 0 Å². The fourth-order valence-electron chi connectivity index (χ4n) is 2.45. The molecule has 2 unspecified atom stereocenters. The Hall–Kier alpha value is -1.39. The van der Waals surface area contributed by atoms with E-state index in [0.717, 1.165) is 31.6 Å². The van der Waals surface area contributed by atoms with Crippen LogP contribution in [0.25, 0.3) is 0 Å². The van der Waals surface area contributed by atoms with Crippen LogP contribution in [0.3, 0.4) is 0 Å². The summed E-state index contributed by atoms with van der Waals surface area (Å²) in [4.78, 5) is 14.1. The molecule has 1 aliphatic rings. The minimum absolute atomic E-state index is 0.00578. The Morgan fingerprint density at radius 3 is 2.68 bits per heavy atom. The van der Waals surface area contributed by atoms with Gasteiger partial charge < -0.3 is 9.64 Å².